The molecule has 0 aliphatic carbocycles. The van der Waals surface area contributed by atoms with Crippen LogP contribution >= 0.6 is 0 Å². The van der Waals surface area contributed by atoms with Crippen LogP contribution in [0.4, 0.5) is 0 Å². The third-order valence-corrected chi connectivity index (χ3v) is 15.3. The second-order valence-corrected chi connectivity index (χ2v) is 21.6. The molecule has 0 bridgehead atoms. The van der Waals surface area contributed by atoms with Crippen LogP contribution in [0.15, 0.2) is 0 Å². The highest BCUT2D eigenvalue weighted by Gasteiger charge is 2.17. The van der Waals surface area contributed by atoms with Gasteiger partial charge in [-0.3, -0.25) is 0 Å². The van der Waals surface area contributed by atoms with Gasteiger partial charge >= 0.3 is 0 Å². The van der Waals surface area contributed by atoms with E-state index in [0.29, 0.717) is 0 Å². The van der Waals surface area contributed by atoms with Crippen LogP contribution < -0.4 is 0 Å². The van der Waals surface area contributed by atoms with Gasteiger partial charge in [-0.2, -0.15) is 0 Å². The quantitative estimate of drug-likeness (QED) is 0.0564. The normalized spacial score (nSPS) is 16.4. The summed E-state index contributed by atoms with van der Waals surface area (Å²) >= 11 is 0. The van der Waals surface area contributed by atoms with Gasteiger partial charge in [0.2, 0.25) is 0 Å². The van der Waals surface area contributed by atoms with Gasteiger partial charge in [-0.1, -0.05) is 259 Å². The Morgan fingerprint density at radius 1 is 0.154 bits per heavy atom. The predicted octanol–water partition coefficient (Wildman–Crippen LogP) is 17.2. The molecule has 390 valence electrons. The van der Waals surface area contributed by atoms with Crippen LogP contribution in [0.3, 0.4) is 0 Å². The molecule has 1 fully saturated rings. The van der Waals surface area contributed by atoms with Gasteiger partial charge in [0.1, 0.15) is 0 Å². The lowest BCUT2D eigenvalue weighted by Crippen LogP contribution is -2.43. The molecule has 0 atom stereocenters. The summed E-state index contributed by atoms with van der Waals surface area (Å²) in [7, 11) is 0. The Morgan fingerprint density at radius 2 is 0.262 bits per heavy atom. The zero-order valence-corrected chi connectivity index (χ0v) is 46.1. The molecular formula is C60H125N5. The van der Waals surface area contributed by atoms with Gasteiger partial charge in [0.15, 0.2) is 0 Å². The number of nitrogens with zero attached hydrogens (tertiary/aromatic N) is 5. The molecule has 0 amide bonds. The number of hydrogen-bond acceptors (Lipinski definition) is 5. The van der Waals surface area contributed by atoms with E-state index < -0.39 is 0 Å². The van der Waals surface area contributed by atoms with Crippen molar-refractivity contribution in [3.8, 4) is 0 Å². The summed E-state index contributed by atoms with van der Waals surface area (Å²) < 4.78 is 0. The monoisotopic (exact) mass is 916 g/mol. The van der Waals surface area contributed by atoms with Gasteiger partial charge in [0, 0.05) is 65.4 Å². The Bertz CT molecular complexity index is 701. The van der Waals surface area contributed by atoms with Crippen LogP contribution in [0.25, 0.3) is 0 Å². The zero-order chi connectivity index (χ0) is 46.8. The highest BCUT2D eigenvalue weighted by Crippen LogP contribution is 2.15. The van der Waals surface area contributed by atoms with Crippen molar-refractivity contribution in [2.45, 2.75) is 291 Å². The van der Waals surface area contributed by atoms with Crippen LogP contribution in [-0.4, -0.2) is 123 Å². The first-order chi connectivity index (χ1) is 32.2. The van der Waals surface area contributed by atoms with E-state index in [0.717, 1.165) is 0 Å². The summed E-state index contributed by atoms with van der Waals surface area (Å²) in [4.78, 5) is 14.7. The molecule has 1 heterocycles. The molecule has 0 aromatic heterocycles. The van der Waals surface area contributed by atoms with E-state index in [-0.39, 0.29) is 0 Å². The molecule has 0 unspecified atom stereocenters. The maximum Gasteiger partial charge on any atom is 0.0110 e. The Labute approximate surface area is 412 Å². The van der Waals surface area contributed by atoms with Gasteiger partial charge in [-0.15, -0.1) is 0 Å². The molecule has 1 aliphatic rings. The van der Waals surface area contributed by atoms with Crippen molar-refractivity contribution in [2.75, 3.05) is 98.2 Å². The molecule has 0 saturated carbocycles. The molecule has 5 heteroatoms. The number of unbranched alkanes of at least 4 members (excludes halogenated alkanes) is 35. The van der Waals surface area contributed by atoms with Crippen molar-refractivity contribution in [3.63, 3.8) is 0 Å². The summed E-state index contributed by atoms with van der Waals surface area (Å²) in [6.45, 7) is 30.9. The fourth-order valence-corrected chi connectivity index (χ4v) is 10.4. The van der Waals surface area contributed by atoms with Crippen LogP contribution in [-0.2, 0) is 0 Å². The highest BCUT2D eigenvalue weighted by atomic mass is 15.3. The van der Waals surface area contributed by atoms with Crippen molar-refractivity contribution in [2.24, 2.45) is 0 Å². The topological polar surface area (TPSA) is 16.2 Å². The Kier molecular flexibility index (Phi) is 49.9. The lowest BCUT2D eigenvalue weighted by molar-refractivity contribution is 0.160. The van der Waals surface area contributed by atoms with Crippen LogP contribution in [0, 0.1) is 0 Å². The van der Waals surface area contributed by atoms with E-state index in [9.17, 15) is 0 Å². The zero-order valence-electron chi connectivity index (χ0n) is 46.1. The molecule has 0 aromatic rings. The van der Waals surface area contributed by atoms with Crippen molar-refractivity contribution >= 4 is 0 Å². The molecule has 0 spiro atoms. The minimum absolute atomic E-state index is 1.27. The summed E-state index contributed by atoms with van der Waals surface area (Å²) in [5.74, 6) is 0. The molecule has 5 nitrogen and oxygen atoms in total. The fourth-order valence-electron chi connectivity index (χ4n) is 10.4. The lowest BCUT2D eigenvalue weighted by Gasteiger charge is -2.31. The maximum atomic E-state index is 2.94. The fraction of sp³-hybridized carbons (Fsp3) is 1.00. The smallest absolute Gasteiger partial charge is 0.0110 e. The van der Waals surface area contributed by atoms with Gasteiger partial charge in [-0.25, -0.2) is 0 Å². The first-order valence-electron chi connectivity index (χ1n) is 30.8. The van der Waals surface area contributed by atoms with E-state index in [1.807, 2.05) is 0 Å². The van der Waals surface area contributed by atoms with Crippen molar-refractivity contribution in [3.05, 3.63) is 0 Å². The van der Waals surface area contributed by atoms with Crippen molar-refractivity contribution in [1.29, 1.82) is 0 Å². The first kappa shape index (κ1) is 62.8. The molecule has 1 aliphatic heterocycles. The first-order valence-corrected chi connectivity index (χ1v) is 30.8. The standard InChI is InChI=1S/C60H125N5/c1-6-11-16-21-26-31-36-41-46-61-51-53-62(47-42-37-32-27-22-17-12-7-2)55-57-64(49-44-39-34-29-24-19-14-9-4)59-60-65(50-45-40-35-30-25-20-15-10-5)58-56-63(54-52-61)48-43-38-33-28-23-18-13-8-3/h6-60H2,1-5H3. The Balaban J connectivity index is 3.16. The van der Waals surface area contributed by atoms with Crippen LogP contribution in [0.1, 0.15) is 291 Å². The van der Waals surface area contributed by atoms with Crippen LogP contribution in [0.5, 0.6) is 0 Å². The number of rotatable bonds is 45. The Hall–Kier alpha value is -0.200. The van der Waals surface area contributed by atoms with Crippen LogP contribution in [0.2, 0.25) is 0 Å². The second kappa shape index (κ2) is 51.6. The lowest BCUT2D eigenvalue weighted by atomic mass is 10.1. The van der Waals surface area contributed by atoms with Gasteiger partial charge in [-0.05, 0) is 64.8 Å². The van der Waals surface area contributed by atoms with Gasteiger partial charge < -0.3 is 24.5 Å². The number of hydrogen-bond donors (Lipinski definition) is 0. The molecular weight excluding hydrogens is 791 g/mol. The third-order valence-electron chi connectivity index (χ3n) is 15.3. The SMILES string of the molecule is CCCCCCCCCCN1CCN(CCCCCCCCCC)CCN(CCCCCCCCCC)CCN(CCCCCCCCCC)CCN(CCCCCCCCCC)CC1. The van der Waals surface area contributed by atoms with Crippen molar-refractivity contribution < 1.29 is 0 Å². The van der Waals surface area contributed by atoms with Gasteiger partial charge in [0.25, 0.3) is 0 Å². The average molecular weight is 917 g/mol. The minimum atomic E-state index is 1.27. The van der Waals surface area contributed by atoms with E-state index in [4.69, 9.17) is 0 Å². The van der Waals surface area contributed by atoms with Gasteiger partial charge in [0.05, 0.1) is 0 Å². The largest absolute Gasteiger partial charge is 0.301 e. The van der Waals surface area contributed by atoms with E-state index in [1.54, 1.807) is 0 Å². The minimum Gasteiger partial charge on any atom is -0.301 e. The molecule has 65 heavy (non-hydrogen) atoms. The molecule has 0 radical (unpaired) electrons. The summed E-state index contributed by atoms with van der Waals surface area (Å²) in [6.07, 6.45) is 56.9. The molecule has 0 N–H and O–H groups in total. The predicted molar refractivity (Wildman–Crippen MR) is 295 cm³/mol. The average Bonchev–Trinajstić information content (AvgIpc) is 3.32. The van der Waals surface area contributed by atoms with E-state index in [1.165, 1.54) is 355 Å². The third kappa shape index (κ3) is 43.6. The molecule has 1 saturated heterocycles. The molecule has 1 rings (SSSR count). The second-order valence-electron chi connectivity index (χ2n) is 21.6. The molecule has 0 aromatic carbocycles. The van der Waals surface area contributed by atoms with E-state index in [2.05, 4.69) is 59.1 Å². The summed E-state index contributed by atoms with van der Waals surface area (Å²) in [6, 6.07) is 0. The highest BCUT2D eigenvalue weighted by molar-refractivity contribution is 4.74. The van der Waals surface area contributed by atoms with Crippen molar-refractivity contribution in [1.82, 2.24) is 24.5 Å². The summed E-state index contributed by atoms with van der Waals surface area (Å²) in [5, 5.41) is 0. The Morgan fingerprint density at radius 3 is 0.385 bits per heavy atom. The summed E-state index contributed by atoms with van der Waals surface area (Å²) in [5.41, 5.74) is 0. The maximum absolute atomic E-state index is 2.94. The van der Waals surface area contributed by atoms with E-state index >= 15 is 0 Å².